The first-order chi connectivity index (χ1) is 12.7. The third-order valence-electron chi connectivity index (χ3n) is 5.11. The Bertz CT molecular complexity index is 584. The second-order valence-electron chi connectivity index (χ2n) is 7.27. The molecule has 0 bridgehead atoms. The summed E-state index contributed by atoms with van der Waals surface area (Å²) >= 11 is 2.09. The summed E-state index contributed by atoms with van der Waals surface area (Å²) in [6.07, 6.45) is 0. The molecule has 6 heteroatoms. The Hall–Kier alpha value is -1.40. The predicted octanol–water partition coefficient (Wildman–Crippen LogP) is 2.67. The molecule has 5 nitrogen and oxygen atoms in total. The van der Waals surface area contributed by atoms with E-state index in [1.807, 2.05) is 7.05 Å². The van der Waals surface area contributed by atoms with Crippen molar-refractivity contribution in [3.63, 3.8) is 0 Å². The van der Waals surface area contributed by atoms with Gasteiger partial charge in [-0.3, -0.25) is 4.99 Å². The average molecular weight is 377 g/mol. The molecule has 2 fully saturated rings. The third kappa shape index (κ3) is 5.07. The molecule has 1 aromatic carbocycles. The molecule has 1 N–H and O–H groups in total. The lowest BCUT2D eigenvalue weighted by molar-refractivity contribution is 0.122. The molecule has 0 radical (unpaired) electrons. The SMILES string of the molecule is CN=C(NCc1ccc(N2CCOCC2)cc1)N1CCSC(C(C)C)C1. The van der Waals surface area contributed by atoms with Gasteiger partial charge < -0.3 is 19.9 Å². The number of nitrogens with one attached hydrogen (secondary N) is 1. The Balaban J connectivity index is 1.53. The van der Waals surface area contributed by atoms with Gasteiger partial charge in [0.1, 0.15) is 0 Å². The zero-order valence-corrected chi connectivity index (χ0v) is 17.1. The minimum Gasteiger partial charge on any atom is -0.378 e. The van der Waals surface area contributed by atoms with E-state index in [-0.39, 0.29) is 0 Å². The Labute approximate surface area is 162 Å². The van der Waals surface area contributed by atoms with Crippen molar-refractivity contribution < 1.29 is 4.74 Å². The van der Waals surface area contributed by atoms with E-state index in [0.29, 0.717) is 11.2 Å². The van der Waals surface area contributed by atoms with E-state index in [4.69, 9.17) is 4.74 Å². The fraction of sp³-hybridized carbons (Fsp3) is 0.650. The molecule has 0 amide bonds. The number of nitrogens with zero attached hydrogens (tertiary/aromatic N) is 3. The fourth-order valence-corrected chi connectivity index (χ4v) is 4.73. The van der Waals surface area contributed by atoms with Crippen LogP contribution in [-0.4, -0.2) is 68.3 Å². The van der Waals surface area contributed by atoms with Gasteiger partial charge in [0.15, 0.2) is 5.96 Å². The molecule has 0 saturated carbocycles. The Morgan fingerprint density at radius 3 is 2.62 bits per heavy atom. The predicted molar refractivity (Wildman–Crippen MR) is 112 cm³/mol. The van der Waals surface area contributed by atoms with E-state index in [2.05, 4.69) is 70.0 Å². The maximum absolute atomic E-state index is 5.43. The zero-order valence-electron chi connectivity index (χ0n) is 16.3. The number of hydrogen-bond acceptors (Lipinski definition) is 4. The highest BCUT2D eigenvalue weighted by Crippen LogP contribution is 2.25. The molecule has 2 saturated heterocycles. The second kappa shape index (κ2) is 9.51. The van der Waals surface area contributed by atoms with E-state index >= 15 is 0 Å². The van der Waals surface area contributed by atoms with Gasteiger partial charge in [-0.2, -0.15) is 11.8 Å². The van der Waals surface area contributed by atoms with Crippen LogP contribution >= 0.6 is 11.8 Å². The summed E-state index contributed by atoms with van der Waals surface area (Å²) in [7, 11) is 1.88. The molecule has 0 aliphatic carbocycles. The number of morpholine rings is 1. The average Bonchev–Trinajstić information content (AvgIpc) is 2.70. The van der Waals surface area contributed by atoms with Crippen LogP contribution in [0.5, 0.6) is 0 Å². The van der Waals surface area contributed by atoms with Crippen LogP contribution in [-0.2, 0) is 11.3 Å². The number of thioether (sulfide) groups is 1. The molecule has 0 aromatic heterocycles. The lowest BCUT2D eigenvalue weighted by atomic mass is 10.1. The van der Waals surface area contributed by atoms with Gasteiger partial charge in [-0.25, -0.2) is 0 Å². The maximum atomic E-state index is 5.43. The highest BCUT2D eigenvalue weighted by molar-refractivity contribution is 8.00. The van der Waals surface area contributed by atoms with Crippen molar-refractivity contribution in [3.8, 4) is 0 Å². The van der Waals surface area contributed by atoms with E-state index < -0.39 is 0 Å². The number of guanidine groups is 1. The second-order valence-corrected chi connectivity index (χ2v) is 8.61. The van der Waals surface area contributed by atoms with Gasteiger partial charge in [0.2, 0.25) is 0 Å². The number of benzene rings is 1. The summed E-state index contributed by atoms with van der Waals surface area (Å²) in [5, 5.41) is 4.24. The first-order valence-corrected chi connectivity index (χ1v) is 10.7. The van der Waals surface area contributed by atoms with Crippen LogP contribution in [0.2, 0.25) is 0 Å². The molecule has 2 aliphatic rings. The van der Waals surface area contributed by atoms with E-state index in [1.54, 1.807) is 0 Å². The minimum atomic E-state index is 0.690. The van der Waals surface area contributed by atoms with Gasteiger partial charge in [-0.1, -0.05) is 26.0 Å². The van der Waals surface area contributed by atoms with Gasteiger partial charge in [-0.05, 0) is 23.6 Å². The number of ether oxygens (including phenoxy) is 1. The highest BCUT2D eigenvalue weighted by atomic mass is 32.2. The normalized spacial score (nSPS) is 22.0. The molecule has 2 heterocycles. The number of aliphatic imine (C=N–C) groups is 1. The third-order valence-corrected chi connectivity index (χ3v) is 6.65. The summed E-state index contributed by atoms with van der Waals surface area (Å²) in [4.78, 5) is 9.30. The Kier molecular flexibility index (Phi) is 7.08. The molecule has 1 atom stereocenters. The van der Waals surface area contributed by atoms with Crippen LogP contribution < -0.4 is 10.2 Å². The highest BCUT2D eigenvalue weighted by Gasteiger charge is 2.24. The summed E-state index contributed by atoms with van der Waals surface area (Å²) < 4.78 is 5.43. The molecule has 3 rings (SSSR count). The van der Waals surface area contributed by atoms with Gasteiger partial charge in [-0.15, -0.1) is 0 Å². The molecule has 2 aliphatic heterocycles. The van der Waals surface area contributed by atoms with Crippen molar-refractivity contribution >= 4 is 23.4 Å². The standard InChI is InChI=1S/C20H32N4OS/c1-16(2)19-15-24(10-13-26-19)20(21-3)22-14-17-4-6-18(7-5-17)23-8-11-25-12-9-23/h4-7,16,19H,8-15H2,1-3H3,(H,21,22). The monoisotopic (exact) mass is 376 g/mol. The summed E-state index contributed by atoms with van der Waals surface area (Å²) in [6, 6.07) is 8.87. The molecule has 144 valence electrons. The maximum Gasteiger partial charge on any atom is 0.193 e. The number of anilines is 1. The van der Waals surface area contributed by atoms with Crippen LogP contribution in [0.4, 0.5) is 5.69 Å². The van der Waals surface area contributed by atoms with E-state index in [1.165, 1.54) is 17.0 Å². The minimum absolute atomic E-state index is 0.690. The summed E-state index contributed by atoms with van der Waals surface area (Å²) in [6.45, 7) is 11.2. The van der Waals surface area contributed by atoms with Crippen LogP contribution in [0.25, 0.3) is 0 Å². The smallest absolute Gasteiger partial charge is 0.193 e. The number of hydrogen-bond donors (Lipinski definition) is 1. The van der Waals surface area contributed by atoms with E-state index in [0.717, 1.165) is 51.9 Å². The first-order valence-electron chi connectivity index (χ1n) is 9.66. The Morgan fingerprint density at radius 1 is 1.23 bits per heavy atom. The van der Waals surface area contributed by atoms with Gasteiger partial charge in [0.25, 0.3) is 0 Å². The van der Waals surface area contributed by atoms with Gasteiger partial charge >= 0.3 is 0 Å². The molecule has 0 spiro atoms. The molecule has 26 heavy (non-hydrogen) atoms. The molecule has 1 unspecified atom stereocenters. The van der Waals surface area contributed by atoms with Crippen molar-refractivity contribution in [3.05, 3.63) is 29.8 Å². The largest absolute Gasteiger partial charge is 0.378 e. The molecular weight excluding hydrogens is 344 g/mol. The summed E-state index contributed by atoms with van der Waals surface area (Å²) in [5.74, 6) is 2.90. The topological polar surface area (TPSA) is 40.1 Å². The van der Waals surface area contributed by atoms with E-state index in [9.17, 15) is 0 Å². The first kappa shape index (κ1) is 19.4. The van der Waals surface area contributed by atoms with Gasteiger partial charge in [0.05, 0.1) is 13.2 Å². The van der Waals surface area contributed by atoms with Crippen LogP contribution in [0.1, 0.15) is 19.4 Å². The Morgan fingerprint density at radius 2 is 1.96 bits per heavy atom. The van der Waals surface area contributed by atoms with Crippen LogP contribution in [0.15, 0.2) is 29.3 Å². The lowest BCUT2D eigenvalue weighted by Gasteiger charge is -2.36. The van der Waals surface area contributed by atoms with Crippen molar-refractivity contribution in [2.45, 2.75) is 25.6 Å². The van der Waals surface area contributed by atoms with Gasteiger partial charge in [0, 0.05) is 56.5 Å². The lowest BCUT2D eigenvalue weighted by Crippen LogP contribution is -2.48. The van der Waals surface area contributed by atoms with Crippen molar-refractivity contribution in [1.82, 2.24) is 10.2 Å². The van der Waals surface area contributed by atoms with Crippen LogP contribution in [0.3, 0.4) is 0 Å². The zero-order chi connectivity index (χ0) is 18.4. The van der Waals surface area contributed by atoms with Crippen molar-refractivity contribution in [2.75, 3.05) is 57.1 Å². The fourth-order valence-electron chi connectivity index (χ4n) is 3.43. The number of rotatable bonds is 4. The summed E-state index contributed by atoms with van der Waals surface area (Å²) in [5.41, 5.74) is 2.57. The molecular formula is C20H32N4OS. The molecule has 1 aromatic rings. The quantitative estimate of drug-likeness (QED) is 0.646. The van der Waals surface area contributed by atoms with Crippen molar-refractivity contribution in [1.29, 1.82) is 0 Å². The van der Waals surface area contributed by atoms with Crippen LogP contribution in [0, 0.1) is 5.92 Å². The van der Waals surface area contributed by atoms with Crippen molar-refractivity contribution in [2.24, 2.45) is 10.9 Å².